The lowest BCUT2D eigenvalue weighted by atomic mass is 10.1. The van der Waals surface area contributed by atoms with Crippen molar-refractivity contribution in [3.63, 3.8) is 0 Å². The van der Waals surface area contributed by atoms with Crippen LogP contribution in [0, 0.1) is 12.7 Å². The summed E-state index contributed by atoms with van der Waals surface area (Å²) in [4.78, 5) is 4.93. The Morgan fingerprint density at radius 3 is 2.90 bits per heavy atom. The summed E-state index contributed by atoms with van der Waals surface area (Å²) in [6, 6.07) is 5.32. The van der Waals surface area contributed by atoms with Gasteiger partial charge in [-0.1, -0.05) is 30.8 Å². The summed E-state index contributed by atoms with van der Waals surface area (Å²) in [6.07, 6.45) is 1.05. The van der Waals surface area contributed by atoms with E-state index in [9.17, 15) is 4.39 Å². The van der Waals surface area contributed by atoms with Gasteiger partial charge in [0.05, 0.1) is 4.90 Å². The molecule has 1 aromatic heterocycles. The molecule has 1 unspecified atom stereocenters. The van der Waals surface area contributed by atoms with Gasteiger partial charge in [-0.3, -0.25) is 0 Å². The van der Waals surface area contributed by atoms with E-state index in [1.165, 1.54) is 29.4 Å². The molecule has 0 aliphatic carbocycles. The Morgan fingerprint density at radius 1 is 1.45 bits per heavy atom. The van der Waals surface area contributed by atoms with Crippen molar-refractivity contribution in [1.82, 2.24) is 14.7 Å². The highest BCUT2D eigenvalue weighted by atomic mass is 32.2. The van der Waals surface area contributed by atoms with Crippen molar-refractivity contribution in [3.05, 3.63) is 35.4 Å². The highest BCUT2D eigenvalue weighted by molar-refractivity contribution is 8.01. The molecular weight excluding hydrogens is 293 g/mol. The van der Waals surface area contributed by atoms with Crippen molar-refractivity contribution in [2.24, 2.45) is 0 Å². The Labute approximate surface area is 127 Å². The van der Waals surface area contributed by atoms with E-state index in [1.54, 1.807) is 6.07 Å². The zero-order valence-corrected chi connectivity index (χ0v) is 13.4. The second kappa shape index (κ2) is 7.15. The number of halogens is 1. The van der Waals surface area contributed by atoms with Gasteiger partial charge in [0.2, 0.25) is 0 Å². The summed E-state index contributed by atoms with van der Waals surface area (Å²) in [6.45, 7) is 6.93. The van der Waals surface area contributed by atoms with Crippen LogP contribution >= 0.6 is 23.3 Å². The Bertz CT molecular complexity index is 571. The summed E-state index contributed by atoms with van der Waals surface area (Å²) in [5, 5.41) is 3.39. The van der Waals surface area contributed by atoms with Crippen LogP contribution in [0.15, 0.2) is 27.4 Å². The van der Waals surface area contributed by atoms with E-state index in [4.69, 9.17) is 0 Å². The first-order chi connectivity index (χ1) is 9.61. The molecule has 20 heavy (non-hydrogen) atoms. The maximum Gasteiger partial charge on any atom is 0.174 e. The van der Waals surface area contributed by atoms with Crippen LogP contribution in [0.5, 0.6) is 0 Å². The fraction of sp³-hybridized carbons (Fsp3) is 0.429. The zero-order chi connectivity index (χ0) is 14.5. The smallest absolute Gasteiger partial charge is 0.174 e. The molecule has 1 N–H and O–H groups in total. The molecule has 2 aromatic rings. The molecule has 0 spiro atoms. The lowest BCUT2D eigenvalue weighted by molar-refractivity contribution is 0.543. The number of nitrogens with zero attached hydrogens (tertiary/aromatic N) is 2. The van der Waals surface area contributed by atoms with Crippen molar-refractivity contribution in [2.45, 2.75) is 42.5 Å². The molecule has 0 saturated carbocycles. The lowest BCUT2D eigenvalue weighted by Gasteiger charge is -2.17. The fourth-order valence-electron chi connectivity index (χ4n) is 1.85. The van der Waals surface area contributed by atoms with Gasteiger partial charge < -0.3 is 5.32 Å². The molecule has 1 atom stereocenters. The molecule has 0 fully saturated rings. The van der Waals surface area contributed by atoms with Gasteiger partial charge in [-0.2, -0.15) is 4.37 Å². The van der Waals surface area contributed by atoms with E-state index < -0.39 is 0 Å². The normalized spacial score (nSPS) is 12.6. The molecular formula is C14H18FN3S2. The van der Waals surface area contributed by atoms with E-state index in [0.717, 1.165) is 28.7 Å². The van der Waals surface area contributed by atoms with Gasteiger partial charge in [0, 0.05) is 6.04 Å². The summed E-state index contributed by atoms with van der Waals surface area (Å²) in [5.74, 6) is 0.526. The molecule has 108 valence electrons. The highest BCUT2D eigenvalue weighted by Gasteiger charge is 2.16. The maximum atomic E-state index is 14.1. The summed E-state index contributed by atoms with van der Waals surface area (Å²) < 4.78 is 19.0. The molecule has 0 aliphatic rings. The molecule has 6 heteroatoms. The van der Waals surface area contributed by atoms with Gasteiger partial charge in [-0.05, 0) is 50.0 Å². The van der Waals surface area contributed by atoms with Crippen LogP contribution in [0.3, 0.4) is 0 Å². The van der Waals surface area contributed by atoms with Crippen LogP contribution in [0.2, 0.25) is 0 Å². The van der Waals surface area contributed by atoms with Crippen LogP contribution in [-0.4, -0.2) is 15.9 Å². The minimum absolute atomic E-state index is 0.113. The average Bonchev–Trinajstić information content (AvgIpc) is 2.84. The van der Waals surface area contributed by atoms with Crippen molar-refractivity contribution < 1.29 is 4.39 Å². The average molecular weight is 311 g/mol. The number of aromatic nitrogens is 2. The van der Waals surface area contributed by atoms with Crippen molar-refractivity contribution in [3.8, 4) is 0 Å². The molecule has 1 heterocycles. The van der Waals surface area contributed by atoms with Gasteiger partial charge >= 0.3 is 0 Å². The standard InChI is InChI=1S/C14H18FN3S2/c1-4-8-16-9(2)11-6-5-7-12(15)13(11)19-14-17-10(3)18-20-14/h5-7,9,16H,4,8H2,1-3H3. The lowest BCUT2D eigenvalue weighted by Crippen LogP contribution is -2.20. The first kappa shape index (κ1) is 15.4. The van der Waals surface area contributed by atoms with Crippen LogP contribution in [0.25, 0.3) is 0 Å². The van der Waals surface area contributed by atoms with Gasteiger partial charge in [0.25, 0.3) is 0 Å². The second-order valence-electron chi connectivity index (χ2n) is 4.54. The monoisotopic (exact) mass is 311 g/mol. The van der Waals surface area contributed by atoms with Crippen LogP contribution in [0.4, 0.5) is 4.39 Å². The summed E-state index contributed by atoms with van der Waals surface area (Å²) in [7, 11) is 0. The first-order valence-corrected chi connectivity index (χ1v) is 8.20. The van der Waals surface area contributed by atoms with Crippen molar-refractivity contribution in [1.29, 1.82) is 0 Å². The number of hydrogen-bond donors (Lipinski definition) is 1. The van der Waals surface area contributed by atoms with Crippen LogP contribution < -0.4 is 5.32 Å². The number of rotatable bonds is 6. The Kier molecular flexibility index (Phi) is 5.51. The van der Waals surface area contributed by atoms with Crippen LogP contribution in [-0.2, 0) is 0 Å². The molecule has 2 rings (SSSR count). The third-order valence-electron chi connectivity index (χ3n) is 2.86. The Balaban J connectivity index is 2.26. The quantitative estimate of drug-likeness (QED) is 0.867. The van der Waals surface area contributed by atoms with E-state index >= 15 is 0 Å². The zero-order valence-electron chi connectivity index (χ0n) is 11.8. The predicted octanol–water partition coefficient (Wildman–Crippen LogP) is 4.20. The Morgan fingerprint density at radius 2 is 2.25 bits per heavy atom. The van der Waals surface area contributed by atoms with Crippen molar-refractivity contribution in [2.75, 3.05) is 6.54 Å². The molecule has 1 aromatic carbocycles. The maximum absolute atomic E-state index is 14.1. The largest absolute Gasteiger partial charge is 0.310 e. The third-order valence-corrected chi connectivity index (χ3v) is 4.84. The molecule has 0 radical (unpaired) electrons. The van der Waals surface area contributed by atoms with E-state index in [1.807, 2.05) is 13.0 Å². The van der Waals surface area contributed by atoms with Gasteiger partial charge in [-0.15, -0.1) is 0 Å². The SMILES string of the molecule is CCCNC(C)c1cccc(F)c1Sc1nc(C)ns1. The number of aryl methyl sites for hydroxylation is 1. The minimum Gasteiger partial charge on any atom is -0.310 e. The van der Waals surface area contributed by atoms with Crippen molar-refractivity contribution >= 4 is 23.3 Å². The van der Waals surface area contributed by atoms with E-state index in [2.05, 4.69) is 28.5 Å². The number of benzene rings is 1. The van der Waals surface area contributed by atoms with Crippen LogP contribution in [0.1, 0.15) is 37.7 Å². The Hall–Kier alpha value is -0.980. The minimum atomic E-state index is -0.203. The topological polar surface area (TPSA) is 37.8 Å². The first-order valence-electron chi connectivity index (χ1n) is 6.61. The fourth-order valence-corrected chi connectivity index (χ4v) is 3.67. The van der Waals surface area contributed by atoms with Gasteiger partial charge in [0.1, 0.15) is 11.6 Å². The molecule has 0 bridgehead atoms. The van der Waals surface area contributed by atoms with Gasteiger partial charge in [0.15, 0.2) is 4.34 Å². The second-order valence-corrected chi connectivity index (χ2v) is 6.55. The van der Waals surface area contributed by atoms with E-state index in [0.29, 0.717) is 4.90 Å². The van der Waals surface area contributed by atoms with Gasteiger partial charge in [-0.25, -0.2) is 9.37 Å². The molecule has 3 nitrogen and oxygen atoms in total. The molecule has 0 saturated heterocycles. The predicted molar refractivity (Wildman–Crippen MR) is 81.9 cm³/mol. The molecule has 0 amide bonds. The van der Waals surface area contributed by atoms with E-state index in [-0.39, 0.29) is 11.9 Å². The molecule has 0 aliphatic heterocycles. The number of nitrogens with one attached hydrogen (secondary N) is 1. The third kappa shape index (κ3) is 3.77. The number of hydrogen-bond acceptors (Lipinski definition) is 5. The summed E-state index contributed by atoms with van der Waals surface area (Å²) in [5.41, 5.74) is 0.969. The summed E-state index contributed by atoms with van der Waals surface area (Å²) >= 11 is 2.66. The highest BCUT2D eigenvalue weighted by Crippen LogP contribution is 2.36.